The van der Waals surface area contributed by atoms with Gasteiger partial charge in [-0.3, -0.25) is 14.3 Å². The van der Waals surface area contributed by atoms with Gasteiger partial charge in [0.15, 0.2) is 0 Å². The van der Waals surface area contributed by atoms with Crippen LogP contribution in [-0.2, 0) is 14.3 Å². The Hall–Kier alpha value is -2.25. The summed E-state index contributed by atoms with van der Waals surface area (Å²) in [6.07, 6.45) is 0.524. The molecule has 7 heteroatoms. The van der Waals surface area contributed by atoms with Crippen molar-refractivity contribution in [1.82, 2.24) is 0 Å². The second-order valence-corrected chi connectivity index (χ2v) is 7.06. The Morgan fingerprint density at radius 3 is 2.17 bits per heavy atom. The summed E-state index contributed by atoms with van der Waals surface area (Å²) in [6, 6.07) is 12.2. The molecule has 1 atom stereocenters. The lowest BCUT2D eigenvalue weighted by Crippen LogP contribution is -2.12. The molecule has 0 N–H and O–H groups in total. The predicted molar refractivity (Wildman–Crippen MR) is 90.2 cm³/mol. The second-order valence-electron chi connectivity index (χ2n) is 5.49. The molecule has 2 aromatic rings. The van der Waals surface area contributed by atoms with Crippen molar-refractivity contribution in [2.24, 2.45) is 0 Å². The zero-order valence-electron chi connectivity index (χ0n) is 13.5. The molecule has 128 valence electrons. The van der Waals surface area contributed by atoms with E-state index in [1.54, 1.807) is 12.1 Å². The quantitative estimate of drug-likeness (QED) is 0.426. The van der Waals surface area contributed by atoms with Crippen LogP contribution in [0.4, 0.5) is 5.69 Å². The summed E-state index contributed by atoms with van der Waals surface area (Å²) >= 11 is 0. The van der Waals surface area contributed by atoms with Crippen molar-refractivity contribution in [3.63, 3.8) is 0 Å². The number of nitrogens with zero attached hydrogens (tertiary/aromatic N) is 1. The Bertz CT molecular complexity index is 798. The van der Waals surface area contributed by atoms with Crippen LogP contribution in [0, 0.1) is 17.0 Å². The minimum absolute atomic E-state index is 0.0459. The van der Waals surface area contributed by atoms with Crippen LogP contribution >= 0.6 is 0 Å². The lowest BCUT2D eigenvalue weighted by atomic mass is 10.1. The molecule has 24 heavy (non-hydrogen) atoms. The van der Waals surface area contributed by atoms with Gasteiger partial charge in [-0.1, -0.05) is 31.0 Å². The fourth-order valence-electron chi connectivity index (χ4n) is 2.26. The maximum atomic E-state index is 12.4. The van der Waals surface area contributed by atoms with E-state index in [9.17, 15) is 18.5 Å². The van der Waals surface area contributed by atoms with Gasteiger partial charge in [-0.25, -0.2) is 0 Å². The van der Waals surface area contributed by atoms with Crippen molar-refractivity contribution in [2.45, 2.75) is 37.7 Å². The second kappa shape index (κ2) is 7.55. The molecule has 2 aromatic carbocycles. The van der Waals surface area contributed by atoms with Gasteiger partial charge < -0.3 is 0 Å². The molecule has 0 saturated carbocycles. The van der Waals surface area contributed by atoms with Crippen molar-refractivity contribution in [3.8, 4) is 0 Å². The molecule has 6 nitrogen and oxygen atoms in total. The third-order valence-electron chi connectivity index (χ3n) is 3.58. The number of benzene rings is 2. The van der Waals surface area contributed by atoms with Gasteiger partial charge in [0.2, 0.25) is 0 Å². The van der Waals surface area contributed by atoms with E-state index in [1.165, 1.54) is 36.4 Å². The maximum absolute atomic E-state index is 12.4. The van der Waals surface area contributed by atoms with Crippen molar-refractivity contribution >= 4 is 15.8 Å². The van der Waals surface area contributed by atoms with Crippen LogP contribution in [0.5, 0.6) is 0 Å². The average Bonchev–Trinajstić information content (AvgIpc) is 2.55. The fraction of sp³-hybridized carbons (Fsp3) is 0.294. The van der Waals surface area contributed by atoms with E-state index >= 15 is 0 Å². The molecule has 0 radical (unpaired) electrons. The highest BCUT2D eigenvalue weighted by Gasteiger charge is 2.23. The average molecular weight is 349 g/mol. The number of hydrogen-bond acceptors (Lipinski definition) is 5. The number of nitro benzene ring substituents is 1. The van der Waals surface area contributed by atoms with Crippen molar-refractivity contribution in [3.05, 3.63) is 69.8 Å². The van der Waals surface area contributed by atoms with E-state index in [4.69, 9.17) is 4.18 Å². The summed E-state index contributed by atoms with van der Waals surface area (Å²) < 4.78 is 30.3. The van der Waals surface area contributed by atoms with Gasteiger partial charge in [0.1, 0.15) is 6.10 Å². The van der Waals surface area contributed by atoms with Gasteiger partial charge >= 0.3 is 0 Å². The molecule has 0 aliphatic rings. The molecule has 0 aromatic heterocycles. The van der Waals surface area contributed by atoms with E-state index in [0.29, 0.717) is 18.4 Å². The number of nitro groups is 1. The van der Waals surface area contributed by atoms with E-state index in [2.05, 4.69) is 0 Å². The summed E-state index contributed by atoms with van der Waals surface area (Å²) in [7, 11) is -3.91. The molecule has 1 unspecified atom stereocenters. The zero-order valence-corrected chi connectivity index (χ0v) is 14.3. The first kappa shape index (κ1) is 18.1. The summed E-state index contributed by atoms with van der Waals surface area (Å²) in [5.74, 6) is 0. The molecular formula is C17H19NO5S. The van der Waals surface area contributed by atoms with Crippen molar-refractivity contribution < 1.29 is 17.5 Å². The van der Waals surface area contributed by atoms with Gasteiger partial charge in [-0.15, -0.1) is 0 Å². The SMILES string of the molecule is CCCC(OS(=O)(=O)c1ccc(C)cc1)c1ccc([N+](=O)[O-])cc1. The minimum atomic E-state index is -3.91. The van der Waals surface area contributed by atoms with Crippen LogP contribution in [0.2, 0.25) is 0 Å². The van der Waals surface area contributed by atoms with Gasteiger partial charge in [0.25, 0.3) is 15.8 Å². The van der Waals surface area contributed by atoms with Crippen LogP contribution in [0.15, 0.2) is 53.4 Å². The summed E-state index contributed by atoms with van der Waals surface area (Å²) in [5, 5.41) is 10.7. The van der Waals surface area contributed by atoms with E-state index in [0.717, 1.165) is 5.56 Å². The predicted octanol–water partition coefficient (Wildman–Crippen LogP) is 4.15. The number of non-ortho nitro benzene ring substituents is 1. The van der Waals surface area contributed by atoms with Gasteiger partial charge in [0, 0.05) is 12.1 Å². The first-order valence-corrected chi connectivity index (χ1v) is 8.98. The van der Waals surface area contributed by atoms with Gasteiger partial charge in [-0.2, -0.15) is 8.42 Å². The molecule has 0 bridgehead atoms. The molecule has 0 aliphatic carbocycles. The topological polar surface area (TPSA) is 86.5 Å². The minimum Gasteiger partial charge on any atom is -0.258 e. The Morgan fingerprint density at radius 2 is 1.67 bits per heavy atom. The lowest BCUT2D eigenvalue weighted by molar-refractivity contribution is -0.384. The van der Waals surface area contributed by atoms with Crippen LogP contribution in [-0.4, -0.2) is 13.3 Å². The standard InChI is InChI=1S/C17H19NO5S/c1-3-4-17(14-7-9-15(10-8-14)18(19)20)23-24(21,22)16-11-5-13(2)6-12-16/h5-12,17H,3-4H2,1-2H3. The van der Waals surface area contributed by atoms with E-state index in [1.807, 2.05) is 13.8 Å². The molecule has 0 fully saturated rings. The Balaban J connectivity index is 2.27. The maximum Gasteiger partial charge on any atom is 0.297 e. The fourth-order valence-corrected chi connectivity index (χ4v) is 3.35. The zero-order chi connectivity index (χ0) is 17.7. The van der Waals surface area contributed by atoms with Crippen LogP contribution in [0.3, 0.4) is 0 Å². The molecule has 2 rings (SSSR count). The highest BCUT2D eigenvalue weighted by atomic mass is 32.2. The highest BCUT2D eigenvalue weighted by Crippen LogP contribution is 2.29. The molecular weight excluding hydrogens is 330 g/mol. The number of aryl methyl sites for hydroxylation is 1. The third kappa shape index (κ3) is 4.39. The summed E-state index contributed by atoms with van der Waals surface area (Å²) in [4.78, 5) is 10.3. The lowest BCUT2D eigenvalue weighted by Gasteiger charge is -2.17. The molecule has 0 aliphatic heterocycles. The summed E-state index contributed by atoms with van der Waals surface area (Å²) in [6.45, 7) is 3.79. The first-order chi connectivity index (χ1) is 11.3. The Labute approximate surface area is 141 Å². The largest absolute Gasteiger partial charge is 0.297 e. The number of hydrogen-bond donors (Lipinski definition) is 0. The molecule has 0 amide bonds. The third-order valence-corrected chi connectivity index (χ3v) is 4.91. The van der Waals surface area contributed by atoms with E-state index in [-0.39, 0.29) is 10.6 Å². The highest BCUT2D eigenvalue weighted by molar-refractivity contribution is 7.86. The molecule has 0 heterocycles. The molecule has 0 saturated heterocycles. The van der Waals surface area contributed by atoms with Gasteiger partial charge in [0.05, 0.1) is 9.82 Å². The smallest absolute Gasteiger partial charge is 0.258 e. The van der Waals surface area contributed by atoms with Crippen LogP contribution in [0.1, 0.15) is 37.0 Å². The van der Waals surface area contributed by atoms with Crippen LogP contribution in [0.25, 0.3) is 0 Å². The van der Waals surface area contributed by atoms with Gasteiger partial charge in [-0.05, 0) is 43.2 Å². The van der Waals surface area contributed by atoms with Crippen molar-refractivity contribution in [1.29, 1.82) is 0 Å². The van der Waals surface area contributed by atoms with Crippen molar-refractivity contribution in [2.75, 3.05) is 0 Å². The van der Waals surface area contributed by atoms with E-state index < -0.39 is 21.1 Å². The summed E-state index contributed by atoms with van der Waals surface area (Å²) in [5.41, 5.74) is 1.50. The normalized spacial score (nSPS) is 12.8. The Kier molecular flexibility index (Phi) is 5.69. The van der Waals surface area contributed by atoms with Crippen LogP contribution < -0.4 is 0 Å². The first-order valence-electron chi connectivity index (χ1n) is 7.58. The monoisotopic (exact) mass is 349 g/mol. The Morgan fingerprint density at radius 1 is 1.08 bits per heavy atom. The number of rotatable bonds is 7. The molecule has 0 spiro atoms.